The Balaban J connectivity index is 2.49. The Labute approximate surface area is 124 Å². The van der Waals surface area contributed by atoms with E-state index >= 15 is 0 Å². The molecule has 2 rings (SSSR count). The first kappa shape index (κ1) is 15.2. The fourth-order valence-corrected chi connectivity index (χ4v) is 3.69. The molecule has 8 nitrogen and oxygen atoms in total. The molecule has 0 fully saturated rings. The smallest absolute Gasteiger partial charge is 0.339 e. The number of carboxylic acid groups (broad SMARTS) is 1. The molecule has 0 saturated heterocycles. The van der Waals surface area contributed by atoms with Gasteiger partial charge in [0.25, 0.3) is 10.0 Å². The van der Waals surface area contributed by atoms with E-state index in [0.29, 0.717) is 5.82 Å². The molecular weight excluding hydrogens is 318 g/mol. The quantitative estimate of drug-likeness (QED) is 0.772. The lowest BCUT2D eigenvalue weighted by Crippen LogP contribution is -2.15. The first-order valence-corrected chi connectivity index (χ1v) is 7.86. The van der Waals surface area contributed by atoms with Gasteiger partial charge < -0.3 is 10.2 Å². The minimum absolute atomic E-state index is 0.0804. The van der Waals surface area contributed by atoms with Crippen LogP contribution in [0, 0.1) is 13.8 Å². The van der Waals surface area contributed by atoms with Gasteiger partial charge in [-0.2, -0.15) is 4.37 Å². The number of phenols is 1. The number of sulfonamides is 1. The van der Waals surface area contributed by atoms with Crippen molar-refractivity contribution in [3.8, 4) is 5.75 Å². The summed E-state index contributed by atoms with van der Waals surface area (Å²) in [4.78, 5) is 14.6. The van der Waals surface area contributed by atoms with E-state index in [2.05, 4.69) is 14.1 Å². The van der Waals surface area contributed by atoms with Crippen LogP contribution in [-0.4, -0.2) is 34.0 Å². The lowest BCUT2D eigenvalue weighted by Gasteiger charge is -2.10. The second-order valence-electron chi connectivity index (χ2n) is 4.19. The third kappa shape index (κ3) is 3.11. The number of aromatic nitrogens is 2. The van der Waals surface area contributed by atoms with E-state index in [0.717, 1.165) is 23.7 Å². The molecule has 1 aromatic carbocycles. The number of carboxylic acids is 1. The highest BCUT2D eigenvalue weighted by molar-refractivity contribution is 7.93. The van der Waals surface area contributed by atoms with Crippen LogP contribution in [0.3, 0.4) is 0 Å². The van der Waals surface area contributed by atoms with Crippen molar-refractivity contribution in [1.82, 2.24) is 9.36 Å². The number of carbonyl (C=O) groups is 1. The zero-order chi connectivity index (χ0) is 15.8. The molecule has 0 atom stereocenters. The number of aromatic hydroxyl groups is 1. The van der Waals surface area contributed by atoms with E-state index in [1.54, 1.807) is 6.92 Å². The van der Waals surface area contributed by atoms with Crippen molar-refractivity contribution in [3.63, 3.8) is 0 Å². The molecule has 0 unspecified atom stereocenters. The van der Waals surface area contributed by atoms with Crippen LogP contribution in [-0.2, 0) is 10.0 Å². The van der Waals surface area contributed by atoms with Crippen LogP contribution in [0.25, 0.3) is 0 Å². The summed E-state index contributed by atoms with van der Waals surface area (Å²) < 4.78 is 30.6. The molecule has 0 aliphatic rings. The standard InChI is InChI=1S/C11H11N3O5S2/c1-5-3-8(15)7(10(16)17)4-9(5)21(18,19)14-11-12-6(2)13-20-11/h3-4,15H,1-2H3,(H,16,17)(H,12,13,14). The van der Waals surface area contributed by atoms with Crippen molar-refractivity contribution >= 4 is 32.7 Å². The summed E-state index contributed by atoms with van der Waals surface area (Å²) in [6.45, 7) is 3.06. The molecule has 0 amide bonds. The van der Waals surface area contributed by atoms with E-state index < -0.39 is 27.3 Å². The lowest BCUT2D eigenvalue weighted by atomic mass is 10.1. The predicted octanol–water partition coefficient (Wildman–Crippen LogP) is 1.36. The van der Waals surface area contributed by atoms with Gasteiger partial charge in [0, 0.05) is 11.5 Å². The molecule has 0 radical (unpaired) electrons. The van der Waals surface area contributed by atoms with Crippen molar-refractivity contribution in [3.05, 3.63) is 29.1 Å². The predicted molar refractivity (Wildman–Crippen MR) is 75.3 cm³/mol. The maximum atomic E-state index is 12.3. The number of nitrogens with one attached hydrogen (secondary N) is 1. The van der Waals surface area contributed by atoms with Gasteiger partial charge in [0.1, 0.15) is 17.1 Å². The number of hydrogen-bond acceptors (Lipinski definition) is 7. The third-order valence-electron chi connectivity index (χ3n) is 2.56. The number of nitrogens with zero attached hydrogens (tertiary/aromatic N) is 2. The van der Waals surface area contributed by atoms with E-state index in [-0.39, 0.29) is 15.6 Å². The van der Waals surface area contributed by atoms with Crippen LogP contribution in [0.4, 0.5) is 5.13 Å². The van der Waals surface area contributed by atoms with Crippen LogP contribution >= 0.6 is 11.5 Å². The Morgan fingerprint density at radius 2 is 2.00 bits per heavy atom. The molecule has 0 aliphatic carbocycles. The van der Waals surface area contributed by atoms with Gasteiger partial charge >= 0.3 is 5.97 Å². The fourth-order valence-electron chi connectivity index (χ4n) is 1.64. The van der Waals surface area contributed by atoms with Crippen LogP contribution < -0.4 is 4.72 Å². The Kier molecular flexibility index (Phi) is 3.83. The van der Waals surface area contributed by atoms with Crippen molar-refractivity contribution in [2.24, 2.45) is 0 Å². The Morgan fingerprint density at radius 1 is 1.33 bits per heavy atom. The summed E-state index contributed by atoms with van der Waals surface area (Å²) in [5, 5.41) is 18.6. The maximum absolute atomic E-state index is 12.3. The number of rotatable bonds is 4. The monoisotopic (exact) mass is 329 g/mol. The summed E-state index contributed by atoms with van der Waals surface area (Å²) >= 11 is 0.873. The molecule has 0 saturated carbocycles. The average Bonchev–Trinajstić information content (AvgIpc) is 2.72. The Bertz CT molecular complexity index is 813. The summed E-state index contributed by atoms with van der Waals surface area (Å²) in [5.74, 6) is -1.49. The molecule has 3 N–H and O–H groups in total. The highest BCUT2D eigenvalue weighted by Gasteiger charge is 2.23. The Hall–Kier alpha value is -2.20. The average molecular weight is 329 g/mol. The normalized spacial score (nSPS) is 11.3. The van der Waals surface area contributed by atoms with Gasteiger partial charge in [0.2, 0.25) is 5.13 Å². The van der Waals surface area contributed by atoms with E-state index in [4.69, 9.17) is 5.11 Å². The highest BCUT2D eigenvalue weighted by Crippen LogP contribution is 2.27. The topological polar surface area (TPSA) is 129 Å². The van der Waals surface area contributed by atoms with E-state index in [1.807, 2.05) is 0 Å². The van der Waals surface area contributed by atoms with Gasteiger partial charge in [0.15, 0.2) is 0 Å². The van der Waals surface area contributed by atoms with Gasteiger partial charge in [-0.25, -0.2) is 18.2 Å². The largest absolute Gasteiger partial charge is 0.507 e. The van der Waals surface area contributed by atoms with Crippen LogP contribution in [0.1, 0.15) is 21.7 Å². The molecule has 1 aromatic heterocycles. The van der Waals surface area contributed by atoms with Gasteiger partial charge in [-0.15, -0.1) is 0 Å². The second kappa shape index (κ2) is 5.30. The first-order chi connectivity index (χ1) is 9.70. The summed E-state index contributed by atoms with van der Waals surface area (Å²) in [6.07, 6.45) is 0. The van der Waals surface area contributed by atoms with Crippen LogP contribution in [0.15, 0.2) is 17.0 Å². The van der Waals surface area contributed by atoms with E-state index in [1.165, 1.54) is 6.92 Å². The molecule has 2 aromatic rings. The van der Waals surface area contributed by atoms with Crippen molar-refractivity contribution in [2.45, 2.75) is 18.7 Å². The lowest BCUT2D eigenvalue weighted by molar-refractivity contribution is 0.0693. The number of hydrogen-bond donors (Lipinski definition) is 3. The minimum atomic E-state index is -4.02. The molecule has 112 valence electrons. The number of benzene rings is 1. The number of aryl methyl sites for hydroxylation is 2. The SMILES string of the molecule is Cc1nsc(NS(=O)(=O)c2cc(C(=O)O)c(O)cc2C)n1. The maximum Gasteiger partial charge on any atom is 0.339 e. The number of aromatic carboxylic acids is 1. The molecule has 0 bridgehead atoms. The van der Waals surface area contributed by atoms with Crippen molar-refractivity contribution < 1.29 is 23.4 Å². The van der Waals surface area contributed by atoms with Gasteiger partial charge in [0.05, 0.1) is 4.90 Å². The molecule has 1 heterocycles. The summed E-state index contributed by atoms with van der Waals surface area (Å²) in [5.41, 5.74) is -0.277. The Morgan fingerprint density at radius 3 is 2.52 bits per heavy atom. The summed E-state index contributed by atoms with van der Waals surface area (Å²) in [6, 6.07) is 1.99. The number of anilines is 1. The molecule has 21 heavy (non-hydrogen) atoms. The zero-order valence-corrected chi connectivity index (χ0v) is 12.6. The van der Waals surface area contributed by atoms with E-state index in [9.17, 15) is 18.3 Å². The molecule has 0 spiro atoms. The van der Waals surface area contributed by atoms with Gasteiger partial charge in [-0.3, -0.25) is 4.72 Å². The molecule has 10 heteroatoms. The third-order valence-corrected chi connectivity index (χ3v) is 4.89. The van der Waals surface area contributed by atoms with Crippen LogP contribution in [0.5, 0.6) is 5.75 Å². The minimum Gasteiger partial charge on any atom is -0.507 e. The van der Waals surface area contributed by atoms with Crippen molar-refractivity contribution in [1.29, 1.82) is 0 Å². The fraction of sp³-hybridized carbons (Fsp3) is 0.182. The first-order valence-electron chi connectivity index (χ1n) is 5.61. The van der Waals surface area contributed by atoms with Gasteiger partial charge in [-0.1, -0.05) is 0 Å². The highest BCUT2D eigenvalue weighted by atomic mass is 32.2. The van der Waals surface area contributed by atoms with Gasteiger partial charge in [-0.05, 0) is 31.5 Å². The molecule has 0 aliphatic heterocycles. The second-order valence-corrected chi connectivity index (χ2v) is 6.59. The zero-order valence-electron chi connectivity index (χ0n) is 11.0. The van der Waals surface area contributed by atoms with Crippen LogP contribution in [0.2, 0.25) is 0 Å². The molecular formula is C11H11N3O5S2. The summed E-state index contributed by atoms with van der Waals surface area (Å²) in [7, 11) is -4.02. The van der Waals surface area contributed by atoms with Crippen molar-refractivity contribution in [2.75, 3.05) is 4.72 Å².